The molecule has 0 saturated carbocycles. The lowest BCUT2D eigenvalue weighted by Crippen LogP contribution is -2.12. The molecule has 14 heavy (non-hydrogen) atoms. The van der Waals surface area contributed by atoms with Gasteiger partial charge in [0.2, 0.25) is 0 Å². The third kappa shape index (κ3) is 9.50. The van der Waals surface area contributed by atoms with Crippen molar-refractivity contribution < 1.29 is 27.3 Å². The van der Waals surface area contributed by atoms with Gasteiger partial charge < -0.3 is 5.11 Å². The van der Waals surface area contributed by atoms with E-state index in [4.69, 9.17) is 5.11 Å². The zero-order chi connectivity index (χ0) is 11.2. The van der Waals surface area contributed by atoms with E-state index in [1.807, 2.05) is 0 Å². The van der Waals surface area contributed by atoms with E-state index in [9.17, 15) is 22.2 Å². The number of carbonyl (C=O) groups is 1. The SMILES string of the molecule is O=C(O)CCS(=O)CCCC(F)(F)F. The summed E-state index contributed by atoms with van der Waals surface area (Å²) in [6.45, 7) is 0. The standard InChI is InChI=1S/C7H11F3O3S/c8-7(9,10)3-1-4-14(13)5-2-6(11)12/h1-5H2,(H,11,12). The van der Waals surface area contributed by atoms with E-state index in [-0.39, 0.29) is 24.3 Å². The second-order valence-corrected chi connectivity index (χ2v) is 4.41. The van der Waals surface area contributed by atoms with Crippen molar-refractivity contribution in [3.05, 3.63) is 0 Å². The summed E-state index contributed by atoms with van der Waals surface area (Å²) in [7, 11) is -1.46. The average Bonchev–Trinajstić information content (AvgIpc) is 1.98. The molecule has 7 heteroatoms. The van der Waals surface area contributed by atoms with Crippen LogP contribution in [0.15, 0.2) is 0 Å². The van der Waals surface area contributed by atoms with Gasteiger partial charge in [-0.25, -0.2) is 0 Å². The Labute approximate surface area is 81.8 Å². The minimum atomic E-state index is -4.23. The highest BCUT2D eigenvalue weighted by Gasteiger charge is 2.26. The van der Waals surface area contributed by atoms with Crippen LogP contribution in [0.25, 0.3) is 0 Å². The Balaban J connectivity index is 3.50. The van der Waals surface area contributed by atoms with Crippen LogP contribution in [-0.2, 0) is 15.6 Å². The van der Waals surface area contributed by atoms with Crippen LogP contribution in [0.3, 0.4) is 0 Å². The molecule has 0 heterocycles. The van der Waals surface area contributed by atoms with Gasteiger partial charge in [0, 0.05) is 28.7 Å². The summed E-state index contributed by atoms with van der Waals surface area (Å²) >= 11 is 0. The fourth-order valence-corrected chi connectivity index (χ4v) is 1.81. The molecule has 0 radical (unpaired) electrons. The molecule has 0 aliphatic rings. The molecule has 0 aromatic heterocycles. The van der Waals surface area contributed by atoms with Crippen LogP contribution < -0.4 is 0 Å². The molecule has 0 spiro atoms. The minimum absolute atomic E-state index is 0.0762. The molecule has 0 bridgehead atoms. The van der Waals surface area contributed by atoms with Crippen LogP contribution in [0.4, 0.5) is 13.2 Å². The maximum atomic E-state index is 11.6. The molecule has 0 aromatic rings. The molecule has 0 saturated heterocycles. The number of aliphatic carboxylic acids is 1. The topological polar surface area (TPSA) is 54.4 Å². The fraction of sp³-hybridized carbons (Fsp3) is 0.857. The van der Waals surface area contributed by atoms with Crippen LogP contribution in [0.5, 0.6) is 0 Å². The van der Waals surface area contributed by atoms with E-state index in [2.05, 4.69) is 0 Å². The highest BCUT2D eigenvalue weighted by Crippen LogP contribution is 2.21. The second-order valence-electron chi connectivity index (χ2n) is 2.71. The molecule has 3 nitrogen and oxygen atoms in total. The lowest BCUT2D eigenvalue weighted by atomic mass is 10.3. The third-order valence-corrected chi connectivity index (χ3v) is 2.78. The number of carboxylic acids is 1. The van der Waals surface area contributed by atoms with Crippen molar-refractivity contribution in [3.8, 4) is 0 Å². The highest BCUT2D eigenvalue weighted by molar-refractivity contribution is 7.84. The summed E-state index contributed by atoms with van der Waals surface area (Å²) in [5.74, 6) is -1.26. The van der Waals surface area contributed by atoms with Crippen LogP contribution >= 0.6 is 0 Å². The molecule has 0 fully saturated rings. The maximum absolute atomic E-state index is 11.6. The van der Waals surface area contributed by atoms with E-state index in [0.29, 0.717) is 0 Å². The van der Waals surface area contributed by atoms with Gasteiger partial charge in [0.05, 0.1) is 6.42 Å². The smallest absolute Gasteiger partial charge is 0.389 e. The van der Waals surface area contributed by atoms with Gasteiger partial charge in [-0.05, 0) is 6.42 Å². The first-order valence-corrected chi connectivity index (χ1v) is 5.43. The van der Waals surface area contributed by atoms with Gasteiger partial charge in [0.1, 0.15) is 0 Å². The summed E-state index contributed by atoms with van der Waals surface area (Å²) in [4.78, 5) is 10.0. The molecule has 0 aromatic carbocycles. The van der Waals surface area contributed by atoms with E-state index in [0.717, 1.165) is 0 Å². The Hall–Kier alpha value is -0.590. The second kappa shape index (κ2) is 6.00. The number of rotatable bonds is 6. The van der Waals surface area contributed by atoms with Gasteiger partial charge in [-0.2, -0.15) is 13.2 Å². The largest absolute Gasteiger partial charge is 0.481 e. The number of carboxylic acid groups (broad SMARTS) is 1. The summed E-state index contributed by atoms with van der Waals surface area (Å²) in [6, 6.07) is 0. The van der Waals surface area contributed by atoms with Crippen molar-refractivity contribution in [2.45, 2.75) is 25.4 Å². The van der Waals surface area contributed by atoms with E-state index in [1.54, 1.807) is 0 Å². The molecule has 1 N–H and O–H groups in total. The van der Waals surface area contributed by atoms with Crippen LogP contribution in [-0.4, -0.2) is 33.0 Å². The lowest BCUT2D eigenvalue weighted by Gasteiger charge is -2.04. The van der Waals surface area contributed by atoms with Gasteiger partial charge in [-0.1, -0.05) is 0 Å². The van der Waals surface area contributed by atoms with Crippen molar-refractivity contribution in [2.24, 2.45) is 0 Å². The first-order valence-electron chi connectivity index (χ1n) is 3.95. The molecule has 1 atom stereocenters. The van der Waals surface area contributed by atoms with Crippen molar-refractivity contribution in [1.82, 2.24) is 0 Å². The predicted octanol–water partition coefficient (Wildman–Crippen LogP) is 1.55. The molecule has 0 aliphatic carbocycles. The quantitative estimate of drug-likeness (QED) is 0.756. The summed E-state index contributed by atoms with van der Waals surface area (Å²) in [6.07, 6.45) is -5.67. The monoisotopic (exact) mass is 232 g/mol. The van der Waals surface area contributed by atoms with E-state index < -0.39 is 29.4 Å². The molecule has 1 unspecified atom stereocenters. The van der Waals surface area contributed by atoms with Crippen molar-refractivity contribution >= 4 is 16.8 Å². The van der Waals surface area contributed by atoms with Crippen molar-refractivity contribution in [3.63, 3.8) is 0 Å². The van der Waals surface area contributed by atoms with E-state index >= 15 is 0 Å². The van der Waals surface area contributed by atoms with Gasteiger partial charge >= 0.3 is 12.1 Å². The first-order chi connectivity index (χ1) is 6.31. The summed E-state index contributed by atoms with van der Waals surface area (Å²) < 4.78 is 45.8. The number of hydrogen-bond donors (Lipinski definition) is 1. The zero-order valence-electron chi connectivity index (χ0n) is 7.34. The summed E-state index contributed by atoms with van der Waals surface area (Å²) in [5, 5.41) is 8.20. The Bertz CT molecular complexity index is 215. The Morgan fingerprint density at radius 3 is 2.29 bits per heavy atom. The maximum Gasteiger partial charge on any atom is 0.389 e. The Kier molecular flexibility index (Phi) is 5.75. The van der Waals surface area contributed by atoms with Crippen LogP contribution in [0.2, 0.25) is 0 Å². The minimum Gasteiger partial charge on any atom is -0.481 e. The predicted molar refractivity (Wildman–Crippen MR) is 45.4 cm³/mol. The average molecular weight is 232 g/mol. The molecule has 84 valence electrons. The van der Waals surface area contributed by atoms with Gasteiger partial charge in [-0.15, -0.1) is 0 Å². The third-order valence-electron chi connectivity index (χ3n) is 1.38. The number of alkyl halides is 3. The summed E-state index contributed by atoms with van der Waals surface area (Å²) in [5.41, 5.74) is 0. The number of halogens is 3. The Morgan fingerprint density at radius 1 is 1.29 bits per heavy atom. The molecular weight excluding hydrogens is 221 g/mol. The highest BCUT2D eigenvalue weighted by atomic mass is 32.2. The Morgan fingerprint density at radius 2 is 1.86 bits per heavy atom. The fourth-order valence-electron chi connectivity index (χ4n) is 0.737. The van der Waals surface area contributed by atoms with Crippen molar-refractivity contribution in [2.75, 3.05) is 11.5 Å². The molecule has 0 aliphatic heterocycles. The van der Waals surface area contributed by atoms with Gasteiger partial charge in [-0.3, -0.25) is 9.00 Å². The van der Waals surface area contributed by atoms with E-state index in [1.165, 1.54) is 0 Å². The van der Waals surface area contributed by atoms with Crippen molar-refractivity contribution in [1.29, 1.82) is 0 Å². The van der Waals surface area contributed by atoms with Crippen LogP contribution in [0, 0.1) is 0 Å². The van der Waals surface area contributed by atoms with Crippen LogP contribution in [0.1, 0.15) is 19.3 Å². The van der Waals surface area contributed by atoms with Gasteiger partial charge in [0.15, 0.2) is 0 Å². The number of hydrogen-bond acceptors (Lipinski definition) is 2. The van der Waals surface area contributed by atoms with Gasteiger partial charge in [0.25, 0.3) is 0 Å². The zero-order valence-corrected chi connectivity index (χ0v) is 8.16. The molecular formula is C7H11F3O3S. The molecule has 0 rings (SSSR count). The normalized spacial score (nSPS) is 13.9. The lowest BCUT2D eigenvalue weighted by molar-refractivity contribution is -0.137. The molecule has 0 amide bonds. The first kappa shape index (κ1) is 13.4.